The van der Waals surface area contributed by atoms with Crippen molar-refractivity contribution in [1.82, 2.24) is 5.32 Å². The molecule has 1 heterocycles. The molecule has 1 unspecified atom stereocenters. The van der Waals surface area contributed by atoms with E-state index >= 15 is 0 Å². The summed E-state index contributed by atoms with van der Waals surface area (Å²) in [5.41, 5.74) is 2.89. The lowest BCUT2D eigenvalue weighted by Gasteiger charge is -2.38. The summed E-state index contributed by atoms with van der Waals surface area (Å²) in [6, 6.07) is 9.97. The largest absolute Gasteiger partial charge is 0.369 e. The molecule has 0 bridgehead atoms. The second-order valence-corrected chi connectivity index (χ2v) is 5.14. The van der Waals surface area contributed by atoms with Crippen LogP contribution in [0.2, 0.25) is 0 Å². The van der Waals surface area contributed by atoms with Gasteiger partial charge in [-0.2, -0.15) is 0 Å². The van der Waals surface area contributed by atoms with Crippen LogP contribution in [-0.4, -0.2) is 19.1 Å². The number of hydrogen-bond donors (Lipinski definition) is 1. The predicted molar refractivity (Wildman–Crippen MR) is 74.6 cm³/mol. The Morgan fingerprint density at radius 2 is 2.12 bits per heavy atom. The van der Waals surface area contributed by atoms with Gasteiger partial charge in [-0.25, -0.2) is 0 Å². The summed E-state index contributed by atoms with van der Waals surface area (Å²) in [5.74, 6) is 0. The van der Waals surface area contributed by atoms with Crippen molar-refractivity contribution >= 4 is 5.69 Å². The Balaban J connectivity index is 2.24. The van der Waals surface area contributed by atoms with E-state index in [9.17, 15) is 0 Å². The molecule has 0 aromatic heterocycles. The van der Waals surface area contributed by atoms with Crippen LogP contribution in [0.4, 0.5) is 5.69 Å². The highest BCUT2D eigenvalue weighted by Gasteiger charge is 2.25. The fourth-order valence-electron chi connectivity index (χ4n) is 2.65. The average Bonchev–Trinajstić information content (AvgIpc) is 2.35. The lowest BCUT2D eigenvalue weighted by molar-refractivity contribution is 0.467. The minimum Gasteiger partial charge on any atom is -0.369 e. The van der Waals surface area contributed by atoms with Crippen LogP contribution in [-0.2, 0) is 0 Å². The van der Waals surface area contributed by atoms with E-state index in [1.165, 1.54) is 24.1 Å². The van der Waals surface area contributed by atoms with E-state index in [2.05, 4.69) is 55.3 Å². The van der Waals surface area contributed by atoms with Crippen LogP contribution < -0.4 is 10.2 Å². The van der Waals surface area contributed by atoms with Crippen LogP contribution in [0.25, 0.3) is 0 Å². The Kier molecular flexibility index (Phi) is 4.06. The van der Waals surface area contributed by atoms with Gasteiger partial charge in [0.05, 0.1) is 0 Å². The topological polar surface area (TPSA) is 15.3 Å². The fourth-order valence-corrected chi connectivity index (χ4v) is 2.65. The quantitative estimate of drug-likeness (QED) is 0.856. The summed E-state index contributed by atoms with van der Waals surface area (Å²) >= 11 is 0. The first-order chi connectivity index (χ1) is 8.24. The molecular weight excluding hydrogens is 208 g/mol. The fraction of sp³-hybridized carbons (Fsp3) is 0.600. The normalized spacial score (nSPS) is 19.5. The number of para-hydroxylation sites is 1. The molecule has 1 aliphatic rings. The summed E-state index contributed by atoms with van der Waals surface area (Å²) in [4.78, 5) is 2.51. The van der Waals surface area contributed by atoms with Gasteiger partial charge in [-0.3, -0.25) is 0 Å². The van der Waals surface area contributed by atoms with Crippen molar-refractivity contribution in [2.45, 2.75) is 45.7 Å². The van der Waals surface area contributed by atoms with Gasteiger partial charge in [0.15, 0.2) is 0 Å². The molecule has 94 valence electrons. The molecule has 1 aromatic carbocycles. The molecule has 0 fully saturated rings. The van der Waals surface area contributed by atoms with E-state index in [4.69, 9.17) is 0 Å². The molecule has 1 aromatic rings. The summed E-state index contributed by atoms with van der Waals surface area (Å²) in [6.45, 7) is 9.05. The first-order valence-electron chi connectivity index (χ1n) is 6.83. The van der Waals surface area contributed by atoms with Gasteiger partial charge in [-0.15, -0.1) is 0 Å². The third kappa shape index (κ3) is 2.63. The summed E-state index contributed by atoms with van der Waals surface area (Å²) in [7, 11) is 0. The molecule has 2 rings (SSSR count). The molecule has 1 aliphatic heterocycles. The Morgan fingerprint density at radius 3 is 2.82 bits per heavy atom. The maximum atomic E-state index is 3.66. The number of nitrogens with one attached hydrogen (secondary N) is 1. The number of nitrogens with zero attached hydrogens (tertiary/aromatic N) is 1. The van der Waals surface area contributed by atoms with Crippen molar-refractivity contribution in [2.75, 3.05) is 18.0 Å². The highest BCUT2D eigenvalue weighted by atomic mass is 15.2. The smallest absolute Gasteiger partial charge is 0.0417 e. The summed E-state index contributed by atoms with van der Waals surface area (Å²) < 4.78 is 0. The van der Waals surface area contributed by atoms with E-state index in [-0.39, 0.29) is 0 Å². The number of rotatable bonds is 4. The number of hydrogen-bond acceptors (Lipinski definition) is 2. The molecule has 17 heavy (non-hydrogen) atoms. The molecule has 0 amide bonds. The zero-order chi connectivity index (χ0) is 12.3. The van der Waals surface area contributed by atoms with Gasteiger partial charge in [0, 0.05) is 24.3 Å². The van der Waals surface area contributed by atoms with Crippen molar-refractivity contribution in [3.8, 4) is 0 Å². The average molecular weight is 232 g/mol. The van der Waals surface area contributed by atoms with Gasteiger partial charge in [-0.05, 0) is 44.9 Å². The number of fused-ring (bicyclic) bond motifs is 1. The zero-order valence-corrected chi connectivity index (χ0v) is 11.2. The van der Waals surface area contributed by atoms with Crippen molar-refractivity contribution in [3.05, 3.63) is 29.8 Å². The SMILES string of the molecule is CCCNC1CCN(C(C)C)c2ccccc21. The molecule has 2 heteroatoms. The highest BCUT2D eigenvalue weighted by Crippen LogP contribution is 2.34. The molecule has 0 saturated heterocycles. The Hall–Kier alpha value is -1.02. The molecule has 0 radical (unpaired) electrons. The third-order valence-electron chi connectivity index (χ3n) is 3.54. The maximum Gasteiger partial charge on any atom is 0.0417 e. The monoisotopic (exact) mass is 232 g/mol. The second-order valence-electron chi connectivity index (χ2n) is 5.14. The third-order valence-corrected chi connectivity index (χ3v) is 3.54. The summed E-state index contributed by atoms with van der Waals surface area (Å²) in [5, 5.41) is 3.66. The highest BCUT2D eigenvalue weighted by molar-refractivity contribution is 5.57. The van der Waals surface area contributed by atoms with Crippen LogP contribution in [0, 0.1) is 0 Å². The van der Waals surface area contributed by atoms with E-state index in [0.717, 1.165) is 13.1 Å². The Bertz CT molecular complexity index is 360. The van der Waals surface area contributed by atoms with Gasteiger partial charge in [0.2, 0.25) is 0 Å². The molecule has 0 spiro atoms. The number of anilines is 1. The van der Waals surface area contributed by atoms with Gasteiger partial charge >= 0.3 is 0 Å². The molecule has 1 atom stereocenters. The van der Waals surface area contributed by atoms with Crippen LogP contribution in [0.1, 0.15) is 45.2 Å². The first kappa shape index (κ1) is 12.4. The lowest BCUT2D eigenvalue weighted by Crippen LogP contribution is -2.39. The second kappa shape index (κ2) is 5.54. The molecule has 1 N–H and O–H groups in total. The van der Waals surface area contributed by atoms with E-state index in [1.54, 1.807) is 0 Å². The van der Waals surface area contributed by atoms with E-state index < -0.39 is 0 Å². The molecule has 2 nitrogen and oxygen atoms in total. The van der Waals surface area contributed by atoms with Crippen LogP contribution in [0.5, 0.6) is 0 Å². The Labute approximate surface area is 105 Å². The van der Waals surface area contributed by atoms with Crippen molar-refractivity contribution in [1.29, 1.82) is 0 Å². The van der Waals surface area contributed by atoms with Crippen LogP contribution >= 0.6 is 0 Å². The van der Waals surface area contributed by atoms with Crippen molar-refractivity contribution in [2.24, 2.45) is 0 Å². The predicted octanol–water partition coefficient (Wildman–Crippen LogP) is 3.35. The van der Waals surface area contributed by atoms with Gasteiger partial charge < -0.3 is 10.2 Å². The van der Waals surface area contributed by atoms with Crippen LogP contribution in [0.15, 0.2) is 24.3 Å². The van der Waals surface area contributed by atoms with Crippen LogP contribution in [0.3, 0.4) is 0 Å². The molecular formula is C15H24N2. The van der Waals surface area contributed by atoms with Gasteiger partial charge in [-0.1, -0.05) is 25.1 Å². The minimum absolute atomic E-state index is 0.543. The first-order valence-corrected chi connectivity index (χ1v) is 6.83. The maximum absolute atomic E-state index is 3.66. The van der Waals surface area contributed by atoms with Crippen molar-refractivity contribution < 1.29 is 0 Å². The van der Waals surface area contributed by atoms with E-state index in [0.29, 0.717) is 12.1 Å². The number of benzene rings is 1. The standard InChI is InChI=1S/C15H24N2/c1-4-10-16-14-9-11-17(12(2)3)15-8-6-5-7-13(14)15/h5-8,12,14,16H,4,9-11H2,1-3H3. The lowest BCUT2D eigenvalue weighted by atomic mass is 9.95. The molecule has 0 aliphatic carbocycles. The van der Waals surface area contributed by atoms with Crippen molar-refractivity contribution in [3.63, 3.8) is 0 Å². The van der Waals surface area contributed by atoms with Gasteiger partial charge in [0.25, 0.3) is 0 Å². The summed E-state index contributed by atoms with van der Waals surface area (Å²) in [6.07, 6.45) is 2.42. The minimum atomic E-state index is 0.543. The van der Waals surface area contributed by atoms with Gasteiger partial charge in [0.1, 0.15) is 0 Å². The Morgan fingerprint density at radius 1 is 1.35 bits per heavy atom. The van der Waals surface area contributed by atoms with E-state index in [1.807, 2.05) is 0 Å². The zero-order valence-electron chi connectivity index (χ0n) is 11.2. The molecule has 0 saturated carbocycles.